The van der Waals surface area contributed by atoms with Crippen LogP contribution in [-0.4, -0.2) is 32.1 Å². The Labute approximate surface area is 101 Å². The predicted octanol–water partition coefficient (Wildman–Crippen LogP) is 1.96. The second-order valence-electron chi connectivity index (χ2n) is 4.39. The Morgan fingerprint density at radius 1 is 1.44 bits per heavy atom. The summed E-state index contributed by atoms with van der Waals surface area (Å²) in [5, 5.41) is 2.10. The molecule has 1 aliphatic heterocycles. The molecule has 16 heavy (non-hydrogen) atoms. The molecule has 2 heterocycles. The molecule has 2 rings (SSSR count). The zero-order chi connectivity index (χ0) is 11.6. The topological polar surface area (TPSA) is 37.4 Å². The third-order valence-corrected chi connectivity index (χ3v) is 5.31. The number of nitrogens with zero attached hydrogens (tertiary/aromatic N) is 1. The van der Waals surface area contributed by atoms with Crippen molar-refractivity contribution in [2.24, 2.45) is 5.92 Å². The van der Waals surface area contributed by atoms with Gasteiger partial charge in [0.25, 0.3) is 0 Å². The number of thiophene rings is 1. The molecule has 0 atom stereocenters. The van der Waals surface area contributed by atoms with Crippen molar-refractivity contribution in [3.05, 3.63) is 22.4 Å². The lowest BCUT2D eigenvalue weighted by Crippen LogP contribution is -2.38. The van der Waals surface area contributed by atoms with Gasteiger partial charge in [-0.05, 0) is 36.6 Å². The van der Waals surface area contributed by atoms with Gasteiger partial charge in [0, 0.05) is 18.0 Å². The first kappa shape index (κ1) is 12.1. The summed E-state index contributed by atoms with van der Waals surface area (Å²) in [6, 6.07) is 4.24. The quantitative estimate of drug-likeness (QED) is 0.832. The Hall–Kier alpha value is -0.390. The maximum Gasteiger partial charge on any atom is 0.211 e. The highest BCUT2D eigenvalue weighted by Crippen LogP contribution is 2.24. The van der Waals surface area contributed by atoms with E-state index in [4.69, 9.17) is 0 Å². The van der Waals surface area contributed by atoms with Crippen LogP contribution in [0.5, 0.6) is 0 Å². The number of hydrogen-bond acceptors (Lipinski definition) is 3. The molecule has 1 aromatic rings. The van der Waals surface area contributed by atoms with Crippen molar-refractivity contribution in [3.8, 4) is 0 Å². The molecule has 0 aliphatic carbocycles. The van der Waals surface area contributed by atoms with Gasteiger partial charge in [0.1, 0.15) is 0 Å². The van der Waals surface area contributed by atoms with E-state index in [0.717, 1.165) is 19.3 Å². The number of sulfonamides is 1. The van der Waals surface area contributed by atoms with Gasteiger partial charge in [-0.25, -0.2) is 12.7 Å². The Balaban J connectivity index is 1.86. The number of hydrogen-bond donors (Lipinski definition) is 0. The largest absolute Gasteiger partial charge is 0.213 e. The lowest BCUT2D eigenvalue weighted by atomic mass is 9.94. The smallest absolute Gasteiger partial charge is 0.211 e. The summed E-state index contributed by atoms with van der Waals surface area (Å²) in [7, 11) is -2.98. The normalized spacial score (nSPS) is 20.1. The van der Waals surface area contributed by atoms with Gasteiger partial charge in [0.05, 0.1) is 6.26 Å². The van der Waals surface area contributed by atoms with Crippen LogP contribution in [0, 0.1) is 5.92 Å². The first-order chi connectivity index (χ1) is 7.55. The van der Waals surface area contributed by atoms with Crippen molar-refractivity contribution in [2.75, 3.05) is 19.3 Å². The van der Waals surface area contributed by atoms with Gasteiger partial charge in [-0.2, -0.15) is 0 Å². The third kappa shape index (κ3) is 3.06. The average molecular weight is 259 g/mol. The monoisotopic (exact) mass is 259 g/mol. The summed E-state index contributed by atoms with van der Waals surface area (Å²) in [4.78, 5) is 1.41. The summed E-state index contributed by atoms with van der Waals surface area (Å²) < 4.78 is 24.3. The summed E-state index contributed by atoms with van der Waals surface area (Å²) in [6.45, 7) is 1.38. The molecular formula is C11H17NO2S2. The van der Waals surface area contributed by atoms with E-state index >= 15 is 0 Å². The lowest BCUT2D eigenvalue weighted by molar-refractivity contribution is 0.275. The van der Waals surface area contributed by atoms with E-state index in [9.17, 15) is 8.42 Å². The second-order valence-corrected chi connectivity index (χ2v) is 7.40. The van der Waals surface area contributed by atoms with E-state index in [1.807, 2.05) is 0 Å². The van der Waals surface area contributed by atoms with Gasteiger partial charge in [-0.3, -0.25) is 0 Å². The van der Waals surface area contributed by atoms with Crippen LogP contribution in [0.3, 0.4) is 0 Å². The Morgan fingerprint density at radius 2 is 2.12 bits per heavy atom. The fourth-order valence-electron chi connectivity index (χ4n) is 2.16. The molecule has 1 fully saturated rings. The molecule has 1 aromatic heterocycles. The minimum absolute atomic E-state index is 0.650. The molecule has 0 saturated carbocycles. The first-order valence-corrected chi connectivity index (χ1v) is 8.26. The van der Waals surface area contributed by atoms with Crippen molar-refractivity contribution < 1.29 is 8.42 Å². The molecule has 0 N–H and O–H groups in total. The van der Waals surface area contributed by atoms with Gasteiger partial charge in [0.2, 0.25) is 10.0 Å². The molecule has 90 valence electrons. The van der Waals surface area contributed by atoms with Crippen molar-refractivity contribution in [2.45, 2.75) is 19.3 Å². The fraction of sp³-hybridized carbons (Fsp3) is 0.636. The molecule has 0 unspecified atom stereocenters. The maximum absolute atomic E-state index is 11.3. The van der Waals surface area contributed by atoms with Crippen LogP contribution in [0.25, 0.3) is 0 Å². The van der Waals surface area contributed by atoms with Gasteiger partial charge in [-0.15, -0.1) is 11.3 Å². The standard InChI is InChI=1S/C11H17NO2S2/c1-16(13,14)12-6-4-10(5-7-12)9-11-3-2-8-15-11/h2-3,8,10H,4-7,9H2,1H3. The Kier molecular flexibility index (Phi) is 3.66. The van der Waals surface area contributed by atoms with Gasteiger partial charge in [0.15, 0.2) is 0 Å². The van der Waals surface area contributed by atoms with Crippen molar-refractivity contribution in [1.29, 1.82) is 0 Å². The van der Waals surface area contributed by atoms with Crippen LogP contribution in [0.4, 0.5) is 0 Å². The van der Waals surface area contributed by atoms with E-state index in [1.165, 1.54) is 11.1 Å². The molecule has 1 aliphatic rings. The molecule has 0 aromatic carbocycles. The highest BCUT2D eigenvalue weighted by atomic mass is 32.2. The first-order valence-electron chi connectivity index (χ1n) is 5.53. The van der Waals surface area contributed by atoms with Gasteiger partial charge in [-0.1, -0.05) is 6.07 Å². The highest BCUT2D eigenvalue weighted by molar-refractivity contribution is 7.88. The molecule has 0 amide bonds. The fourth-order valence-corrected chi connectivity index (χ4v) is 3.85. The van der Waals surface area contributed by atoms with Gasteiger partial charge < -0.3 is 0 Å². The van der Waals surface area contributed by atoms with Crippen LogP contribution in [0.1, 0.15) is 17.7 Å². The molecule has 0 spiro atoms. The second kappa shape index (κ2) is 4.85. The minimum atomic E-state index is -2.98. The van der Waals surface area contributed by atoms with Crippen LogP contribution < -0.4 is 0 Å². The molecule has 3 nitrogen and oxygen atoms in total. The van der Waals surface area contributed by atoms with E-state index < -0.39 is 10.0 Å². The van der Waals surface area contributed by atoms with Gasteiger partial charge >= 0.3 is 0 Å². The van der Waals surface area contributed by atoms with Crippen LogP contribution in [0.2, 0.25) is 0 Å². The zero-order valence-electron chi connectivity index (χ0n) is 9.43. The van der Waals surface area contributed by atoms with Crippen molar-refractivity contribution in [3.63, 3.8) is 0 Å². The molecule has 0 bridgehead atoms. The third-order valence-electron chi connectivity index (χ3n) is 3.11. The number of piperidine rings is 1. The van der Waals surface area contributed by atoms with Crippen LogP contribution in [0.15, 0.2) is 17.5 Å². The maximum atomic E-state index is 11.3. The summed E-state index contributed by atoms with van der Waals surface area (Å²) in [5.41, 5.74) is 0. The highest BCUT2D eigenvalue weighted by Gasteiger charge is 2.24. The molecule has 0 radical (unpaired) electrons. The average Bonchev–Trinajstić information content (AvgIpc) is 2.70. The Morgan fingerprint density at radius 3 is 2.62 bits per heavy atom. The van der Waals surface area contributed by atoms with Crippen LogP contribution >= 0.6 is 11.3 Å². The molecule has 1 saturated heterocycles. The van der Waals surface area contributed by atoms with E-state index in [-0.39, 0.29) is 0 Å². The SMILES string of the molecule is CS(=O)(=O)N1CCC(Cc2cccs2)CC1. The van der Waals surface area contributed by atoms with E-state index in [2.05, 4.69) is 17.5 Å². The zero-order valence-corrected chi connectivity index (χ0v) is 11.1. The number of rotatable bonds is 3. The predicted molar refractivity (Wildman–Crippen MR) is 67.2 cm³/mol. The minimum Gasteiger partial charge on any atom is -0.213 e. The van der Waals surface area contributed by atoms with Crippen molar-refractivity contribution >= 4 is 21.4 Å². The summed E-state index contributed by atoms with van der Waals surface area (Å²) >= 11 is 1.79. The molecular weight excluding hydrogens is 242 g/mol. The van der Waals surface area contributed by atoms with E-state index in [1.54, 1.807) is 15.6 Å². The summed E-state index contributed by atoms with van der Waals surface area (Å²) in [5.74, 6) is 0.650. The van der Waals surface area contributed by atoms with E-state index in [0.29, 0.717) is 19.0 Å². The lowest BCUT2D eigenvalue weighted by Gasteiger charge is -2.29. The summed E-state index contributed by atoms with van der Waals surface area (Å²) in [6.07, 6.45) is 4.39. The van der Waals surface area contributed by atoms with Crippen molar-refractivity contribution in [1.82, 2.24) is 4.31 Å². The molecule has 5 heteroatoms. The Bertz CT molecular complexity index is 417. The van der Waals surface area contributed by atoms with Crippen LogP contribution in [-0.2, 0) is 16.4 Å².